The summed E-state index contributed by atoms with van der Waals surface area (Å²) in [5.41, 5.74) is 5.56. The molecule has 0 saturated carbocycles. The number of nitrogen functional groups attached to an aromatic ring is 1. The number of nitrogens with two attached hydrogens (primary N) is 1. The summed E-state index contributed by atoms with van der Waals surface area (Å²) in [6.07, 6.45) is -2.98. The Kier molecular flexibility index (Phi) is 2.94. The topological polar surface area (TPSA) is 51.8 Å². The van der Waals surface area contributed by atoms with Crippen molar-refractivity contribution >= 4 is 5.82 Å². The van der Waals surface area contributed by atoms with Crippen molar-refractivity contribution in [2.75, 3.05) is 5.73 Å². The molecule has 94 valence electrons. The second-order valence-corrected chi connectivity index (χ2v) is 3.89. The number of alkyl halides is 3. The fraction of sp³-hybridized carbons (Fsp3) is 0.167. The largest absolute Gasteiger partial charge is 0.416 e. The van der Waals surface area contributed by atoms with Gasteiger partial charge < -0.3 is 5.73 Å². The lowest BCUT2D eigenvalue weighted by Gasteiger charge is -2.10. The first-order valence-corrected chi connectivity index (χ1v) is 5.14. The molecule has 1 heterocycles. The third kappa shape index (κ3) is 2.58. The minimum Gasteiger partial charge on any atom is -0.384 e. The summed E-state index contributed by atoms with van der Waals surface area (Å²) in [5.74, 6) is 0.402. The number of hydrogen-bond acceptors (Lipinski definition) is 3. The van der Waals surface area contributed by atoms with Crippen LogP contribution in [0.1, 0.15) is 11.1 Å². The van der Waals surface area contributed by atoms with Crippen molar-refractivity contribution in [3.8, 4) is 11.4 Å². The first-order valence-electron chi connectivity index (χ1n) is 5.14. The Balaban J connectivity index is 2.55. The fourth-order valence-electron chi connectivity index (χ4n) is 1.59. The molecule has 2 rings (SSSR count). The lowest BCUT2D eigenvalue weighted by molar-refractivity contribution is -0.137. The van der Waals surface area contributed by atoms with Gasteiger partial charge in [0, 0.05) is 11.8 Å². The first kappa shape index (κ1) is 12.3. The SMILES string of the molecule is Cc1cc(-c2nccc(N)n2)cc(C(F)(F)F)c1. The summed E-state index contributed by atoms with van der Waals surface area (Å²) in [5, 5.41) is 0. The van der Waals surface area contributed by atoms with Crippen LogP contribution in [0.5, 0.6) is 0 Å². The van der Waals surface area contributed by atoms with Crippen LogP contribution >= 0.6 is 0 Å². The van der Waals surface area contributed by atoms with Crippen molar-refractivity contribution in [1.82, 2.24) is 9.97 Å². The number of rotatable bonds is 1. The van der Waals surface area contributed by atoms with Crippen molar-refractivity contribution in [1.29, 1.82) is 0 Å². The van der Waals surface area contributed by atoms with Crippen molar-refractivity contribution in [2.45, 2.75) is 13.1 Å². The number of halogens is 3. The van der Waals surface area contributed by atoms with Crippen LogP contribution < -0.4 is 5.73 Å². The van der Waals surface area contributed by atoms with Crippen molar-refractivity contribution in [3.63, 3.8) is 0 Å². The van der Waals surface area contributed by atoms with E-state index in [1.165, 1.54) is 12.3 Å². The second kappa shape index (κ2) is 4.29. The average molecular weight is 253 g/mol. The van der Waals surface area contributed by atoms with Crippen LogP contribution in [0.2, 0.25) is 0 Å². The smallest absolute Gasteiger partial charge is 0.384 e. The molecule has 1 aromatic heterocycles. The predicted octanol–water partition coefficient (Wildman–Crippen LogP) is 3.05. The second-order valence-electron chi connectivity index (χ2n) is 3.89. The van der Waals surface area contributed by atoms with E-state index in [0.29, 0.717) is 11.1 Å². The zero-order chi connectivity index (χ0) is 13.3. The van der Waals surface area contributed by atoms with Gasteiger partial charge in [0.1, 0.15) is 5.82 Å². The van der Waals surface area contributed by atoms with Crippen LogP contribution in [-0.2, 0) is 6.18 Å². The van der Waals surface area contributed by atoms with Gasteiger partial charge >= 0.3 is 6.18 Å². The Morgan fingerprint density at radius 2 is 1.89 bits per heavy atom. The van der Waals surface area contributed by atoms with E-state index < -0.39 is 11.7 Å². The van der Waals surface area contributed by atoms with Gasteiger partial charge in [0.15, 0.2) is 5.82 Å². The monoisotopic (exact) mass is 253 g/mol. The van der Waals surface area contributed by atoms with Crippen LogP contribution in [0.3, 0.4) is 0 Å². The summed E-state index contributed by atoms with van der Waals surface area (Å²) >= 11 is 0. The Bertz CT molecular complexity index is 579. The molecular weight excluding hydrogens is 243 g/mol. The van der Waals surface area contributed by atoms with Gasteiger partial charge in [-0.05, 0) is 36.8 Å². The lowest BCUT2D eigenvalue weighted by Crippen LogP contribution is -2.06. The zero-order valence-electron chi connectivity index (χ0n) is 9.49. The molecule has 0 saturated heterocycles. The van der Waals surface area contributed by atoms with Gasteiger partial charge in [-0.15, -0.1) is 0 Å². The van der Waals surface area contributed by atoms with Crippen LogP contribution in [0.4, 0.5) is 19.0 Å². The van der Waals surface area contributed by atoms with Gasteiger partial charge in [0.2, 0.25) is 0 Å². The average Bonchev–Trinajstić information content (AvgIpc) is 2.27. The van der Waals surface area contributed by atoms with E-state index in [9.17, 15) is 13.2 Å². The molecule has 0 atom stereocenters. The Hall–Kier alpha value is -2.11. The molecule has 3 nitrogen and oxygen atoms in total. The van der Waals surface area contributed by atoms with Gasteiger partial charge in [-0.25, -0.2) is 9.97 Å². The van der Waals surface area contributed by atoms with Gasteiger partial charge in [0.25, 0.3) is 0 Å². The molecule has 2 N–H and O–H groups in total. The number of benzene rings is 1. The molecule has 18 heavy (non-hydrogen) atoms. The maximum absolute atomic E-state index is 12.7. The van der Waals surface area contributed by atoms with E-state index in [1.54, 1.807) is 13.0 Å². The van der Waals surface area contributed by atoms with E-state index in [1.807, 2.05) is 0 Å². The maximum Gasteiger partial charge on any atom is 0.416 e. The summed E-state index contributed by atoms with van der Waals surface area (Å²) < 4.78 is 38.0. The minimum atomic E-state index is -4.39. The van der Waals surface area contributed by atoms with Crippen LogP contribution in [0, 0.1) is 6.92 Å². The Morgan fingerprint density at radius 3 is 2.50 bits per heavy atom. The zero-order valence-corrected chi connectivity index (χ0v) is 9.49. The van der Waals surface area contributed by atoms with Crippen molar-refractivity contribution in [3.05, 3.63) is 41.6 Å². The quantitative estimate of drug-likeness (QED) is 0.849. The molecule has 1 aromatic carbocycles. The van der Waals surface area contributed by atoms with Crippen LogP contribution in [-0.4, -0.2) is 9.97 Å². The van der Waals surface area contributed by atoms with Gasteiger partial charge in [-0.1, -0.05) is 0 Å². The van der Waals surface area contributed by atoms with Gasteiger partial charge in [0.05, 0.1) is 5.56 Å². The predicted molar refractivity (Wildman–Crippen MR) is 61.6 cm³/mol. The standard InChI is InChI=1S/C12H10F3N3/c1-7-4-8(6-9(5-7)12(13,14)15)11-17-3-2-10(16)18-11/h2-6H,1H3,(H2,16,17,18). The number of aryl methyl sites for hydroxylation is 1. The minimum absolute atomic E-state index is 0.184. The van der Waals surface area contributed by atoms with E-state index in [2.05, 4.69) is 9.97 Å². The van der Waals surface area contributed by atoms with Crippen molar-refractivity contribution < 1.29 is 13.2 Å². The molecule has 0 bridgehead atoms. The fourth-order valence-corrected chi connectivity index (χ4v) is 1.59. The molecular formula is C12H10F3N3. The molecule has 6 heteroatoms. The third-order valence-corrected chi connectivity index (χ3v) is 2.34. The molecule has 0 spiro atoms. The summed E-state index contributed by atoms with van der Waals surface area (Å²) in [7, 11) is 0. The highest BCUT2D eigenvalue weighted by Crippen LogP contribution is 2.32. The number of anilines is 1. The Morgan fingerprint density at radius 1 is 1.17 bits per heavy atom. The summed E-state index contributed by atoms with van der Waals surface area (Å²) in [4.78, 5) is 7.82. The molecule has 0 aliphatic carbocycles. The lowest BCUT2D eigenvalue weighted by atomic mass is 10.1. The summed E-state index contributed by atoms with van der Waals surface area (Å²) in [6, 6.07) is 5.16. The number of nitrogens with zero attached hydrogens (tertiary/aromatic N) is 2. The highest BCUT2D eigenvalue weighted by molar-refractivity contribution is 5.59. The molecule has 0 amide bonds. The third-order valence-electron chi connectivity index (χ3n) is 2.34. The van der Waals surface area contributed by atoms with E-state index in [0.717, 1.165) is 12.1 Å². The Labute approximate surface area is 101 Å². The van der Waals surface area contributed by atoms with Crippen LogP contribution in [0.15, 0.2) is 30.5 Å². The molecule has 0 radical (unpaired) electrons. The molecule has 0 fully saturated rings. The van der Waals surface area contributed by atoms with Crippen LogP contribution in [0.25, 0.3) is 11.4 Å². The van der Waals surface area contributed by atoms with Gasteiger partial charge in [-0.3, -0.25) is 0 Å². The summed E-state index contributed by atoms with van der Waals surface area (Å²) in [6.45, 7) is 1.59. The van der Waals surface area contributed by atoms with E-state index >= 15 is 0 Å². The maximum atomic E-state index is 12.7. The highest BCUT2D eigenvalue weighted by atomic mass is 19.4. The normalized spacial score (nSPS) is 11.6. The molecule has 0 aliphatic rings. The van der Waals surface area contributed by atoms with E-state index in [4.69, 9.17) is 5.73 Å². The van der Waals surface area contributed by atoms with Crippen molar-refractivity contribution in [2.24, 2.45) is 0 Å². The molecule has 2 aromatic rings. The number of aromatic nitrogens is 2. The molecule has 0 unspecified atom stereocenters. The molecule has 0 aliphatic heterocycles. The highest BCUT2D eigenvalue weighted by Gasteiger charge is 2.31. The first-order chi connectivity index (χ1) is 8.36. The van der Waals surface area contributed by atoms with E-state index in [-0.39, 0.29) is 11.6 Å². The van der Waals surface area contributed by atoms with Gasteiger partial charge in [-0.2, -0.15) is 13.2 Å². The number of hydrogen-bond donors (Lipinski definition) is 1.